The lowest BCUT2D eigenvalue weighted by Gasteiger charge is -2.36. The Morgan fingerprint density at radius 3 is 2.27 bits per heavy atom. The molecule has 4 aromatic carbocycles. The third kappa shape index (κ3) is 6.20. The number of halogens is 3. The Labute approximate surface area is 252 Å². The lowest BCUT2D eigenvalue weighted by Crippen LogP contribution is -2.44. The maximum absolute atomic E-state index is 14.4. The maximum Gasteiger partial charge on any atom is 0.333 e. The Kier molecular flexibility index (Phi) is 8.54. The summed E-state index contributed by atoms with van der Waals surface area (Å²) in [6.07, 6.45) is 0. The Morgan fingerprint density at radius 2 is 1.63 bits per heavy atom. The first-order chi connectivity index (χ1) is 19.7. The molecule has 208 valence electrons. The van der Waals surface area contributed by atoms with Crippen molar-refractivity contribution in [3.63, 3.8) is 0 Å². The van der Waals surface area contributed by atoms with Crippen LogP contribution in [0.2, 0.25) is 10.0 Å². The Morgan fingerprint density at radius 1 is 1.00 bits per heavy atom. The molecule has 1 amide bonds. The first-order valence-corrected chi connectivity index (χ1v) is 13.8. The van der Waals surface area contributed by atoms with E-state index in [0.717, 1.165) is 11.3 Å². The third-order valence-electron chi connectivity index (χ3n) is 6.75. The van der Waals surface area contributed by atoms with Gasteiger partial charge in [0.2, 0.25) is 0 Å². The molecule has 1 aliphatic heterocycles. The molecule has 0 aromatic heterocycles. The second kappa shape index (κ2) is 12.3. The highest BCUT2D eigenvalue weighted by molar-refractivity contribution is 7.80. The van der Waals surface area contributed by atoms with Gasteiger partial charge in [0.1, 0.15) is 16.8 Å². The highest BCUT2D eigenvalue weighted by atomic mass is 35.5. The quantitative estimate of drug-likeness (QED) is 0.166. The fraction of sp³-hybridized carbons (Fsp3) is 0.129. The van der Waals surface area contributed by atoms with Gasteiger partial charge in [-0.1, -0.05) is 71.8 Å². The molecule has 0 aliphatic carbocycles. The van der Waals surface area contributed by atoms with Crippen LogP contribution in [-0.2, 0) is 16.1 Å². The lowest BCUT2D eigenvalue weighted by atomic mass is 9.98. The highest BCUT2D eigenvalue weighted by Crippen LogP contribution is 2.39. The van der Waals surface area contributed by atoms with E-state index in [4.69, 9.17) is 40.2 Å². The van der Waals surface area contributed by atoms with Crippen molar-refractivity contribution in [1.29, 1.82) is 0 Å². The molecule has 2 atom stereocenters. The van der Waals surface area contributed by atoms with Crippen LogP contribution >= 0.6 is 35.4 Å². The SMILES string of the molecule is COC(=O)C(c1ccc(Cl)cc1)N1C(=O)c2ccc(NCc3ccc(F)cc3)cc2NC(=S)C1c1ccc(Cl)cc1. The molecule has 2 N–H and O–H groups in total. The zero-order valence-electron chi connectivity index (χ0n) is 21.7. The number of anilines is 2. The fourth-order valence-electron chi connectivity index (χ4n) is 4.72. The molecule has 0 saturated heterocycles. The van der Waals surface area contributed by atoms with Gasteiger partial charge in [0.05, 0.1) is 18.4 Å². The molecule has 1 heterocycles. The molecule has 41 heavy (non-hydrogen) atoms. The van der Waals surface area contributed by atoms with Crippen LogP contribution < -0.4 is 10.6 Å². The van der Waals surface area contributed by atoms with Crippen molar-refractivity contribution in [3.8, 4) is 0 Å². The van der Waals surface area contributed by atoms with Crippen LogP contribution in [0.15, 0.2) is 91.0 Å². The predicted octanol–water partition coefficient (Wildman–Crippen LogP) is 7.60. The van der Waals surface area contributed by atoms with E-state index in [9.17, 15) is 14.0 Å². The molecule has 0 bridgehead atoms. The second-order valence-electron chi connectivity index (χ2n) is 9.37. The first-order valence-electron chi connectivity index (χ1n) is 12.6. The first kappa shape index (κ1) is 28.5. The molecule has 0 spiro atoms. The van der Waals surface area contributed by atoms with Crippen molar-refractivity contribution >= 4 is 63.7 Å². The number of esters is 1. The van der Waals surface area contributed by atoms with Gasteiger partial charge in [0, 0.05) is 22.3 Å². The van der Waals surface area contributed by atoms with Gasteiger partial charge in [-0.2, -0.15) is 0 Å². The van der Waals surface area contributed by atoms with Crippen molar-refractivity contribution in [2.24, 2.45) is 0 Å². The minimum atomic E-state index is -1.13. The van der Waals surface area contributed by atoms with E-state index in [1.807, 2.05) is 0 Å². The van der Waals surface area contributed by atoms with Gasteiger partial charge < -0.3 is 20.3 Å². The summed E-state index contributed by atoms with van der Waals surface area (Å²) in [6.45, 7) is 0.442. The number of benzene rings is 4. The molecule has 0 radical (unpaired) electrons. The number of carbonyl (C=O) groups is 2. The van der Waals surface area contributed by atoms with E-state index in [0.29, 0.717) is 44.0 Å². The summed E-state index contributed by atoms with van der Waals surface area (Å²) in [6, 6.07) is 23.0. The van der Waals surface area contributed by atoms with E-state index in [1.165, 1.54) is 24.1 Å². The summed E-state index contributed by atoms with van der Waals surface area (Å²) in [5, 5.41) is 7.53. The Hall–Kier alpha value is -3.98. The van der Waals surface area contributed by atoms with Crippen LogP contribution in [0, 0.1) is 5.82 Å². The Balaban J connectivity index is 1.58. The van der Waals surface area contributed by atoms with Crippen molar-refractivity contribution in [3.05, 3.63) is 129 Å². The molecular formula is C31H24Cl2FN3O3S. The molecule has 1 aliphatic rings. The Bertz CT molecular complexity index is 1600. The lowest BCUT2D eigenvalue weighted by molar-refractivity contribution is -0.146. The summed E-state index contributed by atoms with van der Waals surface area (Å²) in [5.41, 5.74) is 3.57. The second-order valence-corrected chi connectivity index (χ2v) is 10.7. The molecule has 10 heteroatoms. The summed E-state index contributed by atoms with van der Waals surface area (Å²) >= 11 is 18.2. The third-order valence-corrected chi connectivity index (χ3v) is 7.58. The van der Waals surface area contributed by atoms with Gasteiger partial charge in [0.15, 0.2) is 6.04 Å². The number of methoxy groups -OCH3 is 1. The average molecular weight is 609 g/mol. The van der Waals surface area contributed by atoms with Gasteiger partial charge in [0.25, 0.3) is 5.91 Å². The van der Waals surface area contributed by atoms with Crippen molar-refractivity contribution in [2.45, 2.75) is 18.6 Å². The fourth-order valence-corrected chi connectivity index (χ4v) is 5.34. The highest BCUT2D eigenvalue weighted by Gasteiger charge is 2.42. The number of hydrogen-bond donors (Lipinski definition) is 2. The van der Waals surface area contributed by atoms with E-state index in [2.05, 4.69) is 10.6 Å². The van der Waals surface area contributed by atoms with Gasteiger partial charge >= 0.3 is 5.97 Å². The van der Waals surface area contributed by atoms with Gasteiger partial charge in [-0.05, 0) is 71.3 Å². The zero-order chi connectivity index (χ0) is 29.1. The number of rotatable bonds is 7. The van der Waals surface area contributed by atoms with Gasteiger partial charge in [-0.3, -0.25) is 4.79 Å². The maximum atomic E-state index is 14.4. The summed E-state index contributed by atoms with van der Waals surface area (Å²) in [5.74, 6) is -1.37. The molecule has 4 aromatic rings. The molecule has 6 nitrogen and oxygen atoms in total. The minimum Gasteiger partial charge on any atom is -0.467 e. The number of ether oxygens (including phenoxy) is 1. The van der Waals surface area contributed by atoms with Crippen molar-refractivity contribution in [1.82, 2.24) is 4.90 Å². The number of nitrogens with zero attached hydrogens (tertiary/aromatic N) is 1. The number of carbonyl (C=O) groups excluding carboxylic acids is 2. The molecule has 5 rings (SSSR count). The van der Waals surface area contributed by atoms with Crippen LogP contribution in [0.1, 0.15) is 39.1 Å². The largest absolute Gasteiger partial charge is 0.467 e. The van der Waals surface area contributed by atoms with E-state index < -0.39 is 24.0 Å². The molecule has 0 saturated carbocycles. The van der Waals surface area contributed by atoms with Crippen LogP contribution in [0.25, 0.3) is 0 Å². The van der Waals surface area contributed by atoms with Crippen molar-refractivity contribution < 1.29 is 18.7 Å². The monoisotopic (exact) mass is 607 g/mol. The standard InChI is InChI=1S/C31H24Cl2FN3O3S/c1-40-31(39)28(20-6-10-22(33)11-7-20)37-27(19-4-8-21(32)9-5-19)29(41)36-26-16-24(14-15-25(26)30(37)38)35-17-18-2-12-23(34)13-3-18/h2-16,27-28,35H,17H2,1H3,(H,36,41). The summed E-state index contributed by atoms with van der Waals surface area (Å²) < 4.78 is 18.5. The number of nitrogens with one attached hydrogen (secondary N) is 2. The van der Waals surface area contributed by atoms with Crippen molar-refractivity contribution in [2.75, 3.05) is 17.7 Å². The van der Waals surface area contributed by atoms with Crippen LogP contribution in [0.5, 0.6) is 0 Å². The van der Waals surface area contributed by atoms with Gasteiger partial charge in [-0.15, -0.1) is 0 Å². The molecular weight excluding hydrogens is 584 g/mol. The topological polar surface area (TPSA) is 70.7 Å². The number of thiocarbonyl (C=S) groups is 1. The van der Waals surface area contributed by atoms with E-state index >= 15 is 0 Å². The van der Waals surface area contributed by atoms with E-state index in [1.54, 1.807) is 78.9 Å². The van der Waals surface area contributed by atoms with E-state index in [-0.39, 0.29) is 5.82 Å². The average Bonchev–Trinajstić information content (AvgIpc) is 3.07. The van der Waals surface area contributed by atoms with Gasteiger partial charge in [-0.25, -0.2) is 9.18 Å². The number of hydrogen-bond acceptors (Lipinski definition) is 5. The normalized spacial score (nSPS) is 15.4. The summed E-state index contributed by atoms with van der Waals surface area (Å²) in [7, 11) is 1.27. The number of fused-ring (bicyclic) bond motifs is 1. The predicted molar refractivity (Wildman–Crippen MR) is 163 cm³/mol. The smallest absolute Gasteiger partial charge is 0.333 e. The molecule has 0 fully saturated rings. The molecule has 2 unspecified atom stereocenters. The van der Waals surface area contributed by atoms with Crippen LogP contribution in [0.3, 0.4) is 0 Å². The zero-order valence-corrected chi connectivity index (χ0v) is 24.1. The number of amides is 1. The minimum absolute atomic E-state index is 0.304. The summed E-state index contributed by atoms with van der Waals surface area (Å²) in [4.78, 5) is 29.4. The van der Waals surface area contributed by atoms with Crippen LogP contribution in [0.4, 0.5) is 15.8 Å². The van der Waals surface area contributed by atoms with Crippen LogP contribution in [-0.4, -0.2) is 28.9 Å².